The van der Waals surface area contributed by atoms with Crippen molar-refractivity contribution in [3.8, 4) is 0 Å². The van der Waals surface area contributed by atoms with Crippen LogP contribution in [-0.2, 0) is 6.54 Å². The van der Waals surface area contributed by atoms with Gasteiger partial charge >= 0.3 is 0 Å². The SMILES string of the molecule is Cc1nc(CN2CC(C(C)C)NCC2(C)C)cs1. The lowest BCUT2D eigenvalue weighted by Gasteiger charge is -2.47. The topological polar surface area (TPSA) is 28.2 Å². The molecule has 0 amide bonds. The lowest BCUT2D eigenvalue weighted by atomic mass is 9.93. The number of thiazole rings is 1. The highest BCUT2D eigenvalue weighted by Gasteiger charge is 2.35. The van der Waals surface area contributed by atoms with Crippen LogP contribution in [0.1, 0.15) is 38.4 Å². The van der Waals surface area contributed by atoms with Gasteiger partial charge in [-0.15, -0.1) is 11.3 Å². The van der Waals surface area contributed by atoms with E-state index in [1.165, 1.54) is 10.7 Å². The summed E-state index contributed by atoms with van der Waals surface area (Å²) in [5.74, 6) is 0.681. The lowest BCUT2D eigenvalue weighted by molar-refractivity contribution is 0.0465. The Labute approximate surface area is 115 Å². The van der Waals surface area contributed by atoms with Crippen molar-refractivity contribution in [2.45, 2.75) is 52.7 Å². The first-order valence-corrected chi connectivity index (χ1v) is 7.66. The average Bonchev–Trinajstić information content (AvgIpc) is 2.67. The van der Waals surface area contributed by atoms with E-state index in [-0.39, 0.29) is 5.54 Å². The number of hydrogen-bond acceptors (Lipinski definition) is 4. The predicted molar refractivity (Wildman–Crippen MR) is 78.0 cm³/mol. The molecule has 1 aliphatic heterocycles. The summed E-state index contributed by atoms with van der Waals surface area (Å²) in [4.78, 5) is 7.17. The number of hydrogen-bond donors (Lipinski definition) is 1. The Balaban J connectivity index is 2.07. The number of aryl methyl sites for hydroxylation is 1. The highest BCUT2D eigenvalue weighted by Crippen LogP contribution is 2.24. The van der Waals surface area contributed by atoms with Crippen LogP contribution in [0.4, 0.5) is 0 Å². The van der Waals surface area contributed by atoms with Gasteiger partial charge < -0.3 is 5.32 Å². The minimum atomic E-state index is 0.211. The minimum Gasteiger partial charge on any atom is -0.311 e. The summed E-state index contributed by atoms with van der Waals surface area (Å²) in [7, 11) is 0. The van der Waals surface area contributed by atoms with Crippen LogP contribution in [0.15, 0.2) is 5.38 Å². The van der Waals surface area contributed by atoms with Crippen molar-refractivity contribution >= 4 is 11.3 Å². The van der Waals surface area contributed by atoms with Crippen molar-refractivity contribution in [2.24, 2.45) is 5.92 Å². The van der Waals surface area contributed by atoms with Gasteiger partial charge in [0.2, 0.25) is 0 Å². The van der Waals surface area contributed by atoms with Gasteiger partial charge in [0.05, 0.1) is 10.7 Å². The van der Waals surface area contributed by atoms with E-state index in [2.05, 4.69) is 55.2 Å². The zero-order valence-electron chi connectivity index (χ0n) is 12.2. The van der Waals surface area contributed by atoms with Crippen LogP contribution in [0.2, 0.25) is 0 Å². The van der Waals surface area contributed by atoms with Crippen LogP contribution in [-0.4, -0.2) is 34.6 Å². The first kappa shape index (κ1) is 14.0. The molecule has 1 aromatic rings. The van der Waals surface area contributed by atoms with Gasteiger partial charge in [0.15, 0.2) is 0 Å². The number of rotatable bonds is 3. The molecule has 1 atom stereocenters. The molecule has 102 valence electrons. The van der Waals surface area contributed by atoms with Crippen LogP contribution in [0.3, 0.4) is 0 Å². The smallest absolute Gasteiger partial charge is 0.0897 e. The van der Waals surface area contributed by atoms with Gasteiger partial charge in [-0.25, -0.2) is 4.98 Å². The highest BCUT2D eigenvalue weighted by molar-refractivity contribution is 7.09. The number of nitrogens with one attached hydrogen (secondary N) is 1. The number of nitrogens with zero attached hydrogens (tertiary/aromatic N) is 2. The summed E-state index contributed by atoms with van der Waals surface area (Å²) in [5.41, 5.74) is 1.43. The fraction of sp³-hybridized carbons (Fsp3) is 0.786. The van der Waals surface area contributed by atoms with E-state index < -0.39 is 0 Å². The first-order valence-electron chi connectivity index (χ1n) is 6.78. The molecule has 0 aromatic carbocycles. The maximum absolute atomic E-state index is 4.60. The van der Waals surface area contributed by atoms with Gasteiger partial charge in [0.1, 0.15) is 0 Å². The molecule has 18 heavy (non-hydrogen) atoms. The highest BCUT2D eigenvalue weighted by atomic mass is 32.1. The second-order valence-corrected chi connectivity index (χ2v) is 7.34. The molecule has 1 aliphatic rings. The van der Waals surface area contributed by atoms with Crippen LogP contribution in [0.5, 0.6) is 0 Å². The zero-order valence-corrected chi connectivity index (χ0v) is 13.0. The zero-order chi connectivity index (χ0) is 13.3. The standard InChI is InChI=1S/C14H25N3S/c1-10(2)13-7-17(14(4,5)9-15-13)6-12-8-18-11(3)16-12/h8,10,13,15H,6-7,9H2,1-5H3. The van der Waals surface area contributed by atoms with Crippen molar-refractivity contribution < 1.29 is 0 Å². The summed E-state index contributed by atoms with van der Waals surface area (Å²) in [6.07, 6.45) is 0. The third-order valence-electron chi connectivity index (χ3n) is 3.89. The van der Waals surface area contributed by atoms with Crippen molar-refractivity contribution in [1.82, 2.24) is 15.2 Å². The fourth-order valence-corrected chi connectivity index (χ4v) is 3.05. The lowest BCUT2D eigenvalue weighted by Crippen LogP contribution is -2.62. The molecule has 3 nitrogen and oxygen atoms in total. The van der Waals surface area contributed by atoms with Crippen molar-refractivity contribution in [3.63, 3.8) is 0 Å². The fourth-order valence-electron chi connectivity index (χ4n) is 2.44. The average molecular weight is 267 g/mol. The van der Waals surface area contributed by atoms with E-state index in [1.807, 2.05) is 0 Å². The Bertz CT molecular complexity index is 397. The Morgan fingerprint density at radius 2 is 2.28 bits per heavy atom. The molecule has 0 spiro atoms. The molecule has 1 unspecified atom stereocenters. The third-order valence-corrected chi connectivity index (χ3v) is 4.72. The van der Waals surface area contributed by atoms with E-state index in [1.54, 1.807) is 11.3 Å². The van der Waals surface area contributed by atoms with E-state index in [0.717, 1.165) is 19.6 Å². The van der Waals surface area contributed by atoms with Gasteiger partial charge in [-0.05, 0) is 26.7 Å². The Hall–Kier alpha value is -0.450. The van der Waals surface area contributed by atoms with Gasteiger partial charge in [-0.3, -0.25) is 4.90 Å². The maximum atomic E-state index is 4.60. The van der Waals surface area contributed by atoms with E-state index in [4.69, 9.17) is 0 Å². The van der Waals surface area contributed by atoms with Crippen LogP contribution in [0.25, 0.3) is 0 Å². The Morgan fingerprint density at radius 3 is 2.83 bits per heavy atom. The number of piperazine rings is 1. The number of aromatic nitrogens is 1. The van der Waals surface area contributed by atoms with Gasteiger partial charge in [-0.1, -0.05) is 13.8 Å². The third kappa shape index (κ3) is 3.11. The van der Waals surface area contributed by atoms with Crippen molar-refractivity contribution in [2.75, 3.05) is 13.1 Å². The molecule has 1 fully saturated rings. The van der Waals surface area contributed by atoms with Crippen molar-refractivity contribution in [1.29, 1.82) is 0 Å². The molecule has 2 heterocycles. The van der Waals surface area contributed by atoms with Gasteiger partial charge in [0, 0.05) is 36.6 Å². The van der Waals surface area contributed by atoms with E-state index in [0.29, 0.717) is 12.0 Å². The summed E-state index contributed by atoms with van der Waals surface area (Å²) in [6, 6.07) is 0.595. The van der Waals surface area contributed by atoms with Crippen LogP contribution >= 0.6 is 11.3 Å². The van der Waals surface area contributed by atoms with Crippen LogP contribution in [0, 0.1) is 12.8 Å². The monoisotopic (exact) mass is 267 g/mol. The second kappa shape index (κ2) is 5.27. The van der Waals surface area contributed by atoms with Gasteiger partial charge in [-0.2, -0.15) is 0 Å². The molecular weight excluding hydrogens is 242 g/mol. The molecule has 1 saturated heterocycles. The quantitative estimate of drug-likeness (QED) is 0.912. The molecule has 0 saturated carbocycles. The summed E-state index contributed by atoms with van der Waals surface area (Å²) in [5, 5.41) is 7.03. The largest absolute Gasteiger partial charge is 0.311 e. The molecule has 1 aromatic heterocycles. The van der Waals surface area contributed by atoms with Crippen molar-refractivity contribution in [3.05, 3.63) is 16.1 Å². The normalized spacial score (nSPS) is 24.7. The Morgan fingerprint density at radius 1 is 1.56 bits per heavy atom. The summed E-state index contributed by atoms with van der Waals surface area (Å²) in [6.45, 7) is 14.4. The molecule has 0 bridgehead atoms. The van der Waals surface area contributed by atoms with Crippen LogP contribution < -0.4 is 5.32 Å². The van der Waals surface area contributed by atoms with Gasteiger partial charge in [0.25, 0.3) is 0 Å². The second-order valence-electron chi connectivity index (χ2n) is 6.28. The molecular formula is C14H25N3S. The minimum absolute atomic E-state index is 0.211. The first-order chi connectivity index (χ1) is 8.38. The molecule has 2 rings (SSSR count). The summed E-state index contributed by atoms with van der Waals surface area (Å²) < 4.78 is 0. The molecule has 4 heteroatoms. The summed E-state index contributed by atoms with van der Waals surface area (Å²) >= 11 is 1.75. The molecule has 0 radical (unpaired) electrons. The van der Waals surface area contributed by atoms with E-state index in [9.17, 15) is 0 Å². The predicted octanol–water partition coefficient (Wildman–Crippen LogP) is 2.66. The molecule has 1 N–H and O–H groups in total. The van der Waals surface area contributed by atoms with E-state index >= 15 is 0 Å². The maximum Gasteiger partial charge on any atom is 0.0897 e. The Kier molecular flexibility index (Phi) is 4.09. The molecule has 0 aliphatic carbocycles.